The Balaban J connectivity index is 2.73. The standard InChI is InChI=1S/C10H12N2O4S2/c1-18(14,15)16-9-5-4-6-10(12-9)17(13)8-3-2-7-11/h4-6H,2-3,8H2,1H3. The molecule has 1 heterocycles. The molecule has 98 valence electrons. The molecule has 0 aliphatic heterocycles. The molecule has 0 saturated carbocycles. The molecule has 0 aromatic carbocycles. The van der Waals surface area contributed by atoms with Gasteiger partial charge in [0.25, 0.3) is 0 Å². The molecule has 1 rings (SSSR count). The van der Waals surface area contributed by atoms with Gasteiger partial charge in [0.1, 0.15) is 5.75 Å². The van der Waals surface area contributed by atoms with E-state index in [0.717, 1.165) is 6.26 Å². The molecule has 0 aliphatic carbocycles. The molecule has 0 bridgehead atoms. The molecular weight excluding hydrogens is 276 g/mol. The van der Waals surface area contributed by atoms with E-state index in [1.165, 1.54) is 18.2 Å². The summed E-state index contributed by atoms with van der Waals surface area (Å²) >= 11 is -1.36. The van der Waals surface area contributed by atoms with E-state index < -0.39 is 21.3 Å². The van der Waals surface area contributed by atoms with Crippen LogP contribution < -0.4 is 4.18 Å². The summed E-state index contributed by atoms with van der Waals surface area (Å²) in [6, 6.07) is 6.37. The number of hydrogen-bond donors (Lipinski definition) is 0. The SMILES string of the molecule is CS(=O)(=O)Oc1cccc([S+]([O-])CCCC#N)n1. The van der Waals surface area contributed by atoms with Crippen LogP contribution in [0.15, 0.2) is 23.2 Å². The average molecular weight is 288 g/mol. The molecule has 1 aromatic heterocycles. The summed E-state index contributed by atoms with van der Waals surface area (Å²) in [7, 11) is -3.65. The second-order valence-electron chi connectivity index (χ2n) is 3.41. The number of hydrogen-bond acceptors (Lipinski definition) is 6. The zero-order valence-electron chi connectivity index (χ0n) is 9.70. The van der Waals surface area contributed by atoms with E-state index in [9.17, 15) is 13.0 Å². The Morgan fingerprint density at radius 1 is 1.56 bits per heavy atom. The maximum absolute atomic E-state index is 11.8. The molecule has 0 spiro atoms. The van der Waals surface area contributed by atoms with E-state index >= 15 is 0 Å². The Morgan fingerprint density at radius 3 is 2.89 bits per heavy atom. The molecule has 1 aromatic rings. The smallest absolute Gasteiger partial charge is 0.307 e. The van der Waals surface area contributed by atoms with Crippen molar-refractivity contribution in [2.24, 2.45) is 0 Å². The van der Waals surface area contributed by atoms with Gasteiger partial charge in [0.15, 0.2) is 0 Å². The fourth-order valence-corrected chi connectivity index (χ4v) is 2.55. The Labute approximate surface area is 109 Å². The molecule has 1 unspecified atom stereocenters. The van der Waals surface area contributed by atoms with E-state index in [1.54, 1.807) is 0 Å². The van der Waals surface area contributed by atoms with Gasteiger partial charge in [-0.05, 0) is 0 Å². The van der Waals surface area contributed by atoms with Crippen molar-refractivity contribution >= 4 is 21.3 Å². The lowest BCUT2D eigenvalue weighted by Gasteiger charge is -2.09. The monoisotopic (exact) mass is 288 g/mol. The van der Waals surface area contributed by atoms with Crippen LogP contribution in [-0.4, -0.2) is 30.0 Å². The molecule has 0 saturated heterocycles. The molecule has 0 aliphatic rings. The fraction of sp³-hybridized carbons (Fsp3) is 0.400. The van der Waals surface area contributed by atoms with Crippen molar-refractivity contribution in [1.29, 1.82) is 5.26 Å². The van der Waals surface area contributed by atoms with Crippen LogP contribution in [0.1, 0.15) is 12.8 Å². The second-order valence-corrected chi connectivity index (χ2v) is 6.51. The highest BCUT2D eigenvalue weighted by molar-refractivity contribution is 7.91. The molecule has 0 radical (unpaired) electrons. The lowest BCUT2D eigenvalue weighted by Crippen LogP contribution is -2.11. The highest BCUT2D eigenvalue weighted by Gasteiger charge is 2.14. The number of nitrogens with zero attached hydrogens (tertiary/aromatic N) is 2. The Kier molecular flexibility index (Phi) is 5.40. The van der Waals surface area contributed by atoms with Crippen molar-refractivity contribution in [2.45, 2.75) is 17.9 Å². The third-order valence-corrected chi connectivity index (χ3v) is 3.61. The van der Waals surface area contributed by atoms with Crippen LogP contribution in [0.3, 0.4) is 0 Å². The first-order valence-electron chi connectivity index (χ1n) is 5.04. The predicted molar refractivity (Wildman–Crippen MR) is 65.8 cm³/mol. The molecule has 6 nitrogen and oxygen atoms in total. The number of pyridine rings is 1. The van der Waals surface area contributed by atoms with Crippen molar-refractivity contribution in [2.75, 3.05) is 12.0 Å². The number of aromatic nitrogens is 1. The van der Waals surface area contributed by atoms with Crippen molar-refractivity contribution in [3.63, 3.8) is 0 Å². The van der Waals surface area contributed by atoms with Crippen molar-refractivity contribution < 1.29 is 17.2 Å². The van der Waals surface area contributed by atoms with Gasteiger partial charge in [-0.1, -0.05) is 6.07 Å². The zero-order chi connectivity index (χ0) is 13.6. The Bertz CT molecular complexity index is 539. The van der Waals surface area contributed by atoms with Gasteiger partial charge in [-0.2, -0.15) is 18.7 Å². The quantitative estimate of drug-likeness (QED) is 0.436. The highest BCUT2D eigenvalue weighted by atomic mass is 32.2. The van der Waals surface area contributed by atoms with Crippen molar-refractivity contribution in [1.82, 2.24) is 4.98 Å². The van der Waals surface area contributed by atoms with E-state index in [0.29, 0.717) is 18.6 Å². The van der Waals surface area contributed by atoms with Gasteiger partial charge in [-0.25, -0.2) is 0 Å². The van der Waals surface area contributed by atoms with E-state index in [1.807, 2.05) is 6.07 Å². The summed E-state index contributed by atoms with van der Waals surface area (Å²) in [6.45, 7) is 0. The van der Waals surface area contributed by atoms with Gasteiger partial charge in [0, 0.05) is 36.2 Å². The summed E-state index contributed by atoms with van der Waals surface area (Å²) in [5.41, 5.74) is 0. The molecule has 0 fully saturated rings. The van der Waals surface area contributed by atoms with Gasteiger partial charge < -0.3 is 8.74 Å². The third-order valence-electron chi connectivity index (χ3n) is 1.79. The van der Waals surface area contributed by atoms with Gasteiger partial charge in [-0.3, -0.25) is 0 Å². The van der Waals surface area contributed by atoms with Crippen molar-refractivity contribution in [3.05, 3.63) is 18.2 Å². The van der Waals surface area contributed by atoms with Crippen molar-refractivity contribution in [3.8, 4) is 11.9 Å². The molecule has 0 N–H and O–H groups in total. The van der Waals surface area contributed by atoms with E-state index in [2.05, 4.69) is 9.17 Å². The number of nitriles is 1. The normalized spacial score (nSPS) is 12.7. The minimum atomic E-state index is -3.65. The molecule has 0 amide bonds. The second kappa shape index (κ2) is 6.58. The molecule has 1 atom stereocenters. The first kappa shape index (κ1) is 14.8. The van der Waals surface area contributed by atoms with Gasteiger partial charge in [0.05, 0.1) is 12.3 Å². The average Bonchev–Trinajstić information content (AvgIpc) is 2.27. The lowest BCUT2D eigenvalue weighted by molar-refractivity contribution is 0.479. The van der Waals surface area contributed by atoms with Crippen LogP contribution in [0.25, 0.3) is 0 Å². The first-order valence-corrected chi connectivity index (χ1v) is 8.18. The zero-order valence-corrected chi connectivity index (χ0v) is 11.3. The van der Waals surface area contributed by atoms with E-state index in [4.69, 9.17) is 5.26 Å². The summed E-state index contributed by atoms with van der Waals surface area (Å²) in [5.74, 6) is 0.201. The van der Waals surface area contributed by atoms with Crippen LogP contribution in [0.5, 0.6) is 5.88 Å². The predicted octanol–water partition coefficient (Wildman–Crippen LogP) is 0.831. The van der Waals surface area contributed by atoms with Crippen LogP contribution >= 0.6 is 0 Å². The largest absolute Gasteiger partial charge is 0.610 e. The minimum Gasteiger partial charge on any atom is -0.610 e. The Morgan fingerprint density at radius 2 is 2.28 bits per heavy atom. The number of rotatable bonds is 6. The van der Waals surface area contributed by atoms with Crippen LogP contribution in [0.4, 0.5) is 0 Å². The molecular formula is C10H12N2O4S2. The summed E-state index contributed by atoms with van der Waals surface area (Å²) in [4.78, 5) is 3.85. The third kappa shape index (κ3) is 5.35. The summed E-state index contributed by atoms with van der Waals surface area (Å²) in [6.07, 6.45) is 1.73. The van der Waals surface area contributed by atoms with Gasteiger partial charge in [-0.15, -0.1) is 0 Å². The maximum atomic E-state index is 11.8. The van der Waals surface area contributed by atoms with Crippen LogP contribution in [-0.2, 0) is 21.3 Å². The highest BCUT2D eigenvalue weighted by Crippen LogP contribution is 2.15. The topological polar surface area (TPSA) is 103 Å². The maximum Gasteiger partial charge on any atom is 0.307 e. The molecule has 18 heavy (non-hydrogen) atoms. The van der Waals surface area contributed by atoms with Gasteiger partial charge in [0.2, 0.25) is 10.9 Å². The van der Waals surface area contributed by atoms with E-state index in [-0.39, 0.29) is 10.9 Å². The van der Waals surface area contributed by atoms with Crippen LogP contribution in [0.2, 0.25) is 0 Å². The Hall–Kier alpha value is -1.30. The van der Waals surface area contributed by atoms with Crippen LogP contribution in [0, 0.1) is 11.3 Å². The summed E-state index contributed by atoms with van der Waals surface area (Å²) in [5, 5.41) is 8.61. The lowest BCUT2D eigenvalue weighted by atomic mass is 10.4. The minimum absolute atomic E-state index is 0.108. The number of unbranched alkanes of at least 4 members (excludes halogenated alkanes) is 1. The molecule has 8 heteroatoms. The summed E-state index contributed by atoms with van der Waals surface area (Å²) < 4.78 is 38.2. The van der Waals surface area contributed by atoms with Gasteiger partial charge >= 0.3 is 10.1 Å². The first-order chi connectivity index (χ1) is 8.42. The fourth-order valence-electron chi connectivity index (χ4n) is 1.11.